The molecule has 0 aliphatic rings. The van der Waals surface area contributed by atoms with E-state index in [0.29, 0.717) is 11.2 Å². The monoisotopic (exact) mass is 188 g/mol. The van der Waals surface area contributed by atoms with Gasteiger partial charge in [-0.15, -0.1) is 0 Å². The normalized spacial score (nSPS) is 15.1. The highest BCUT2D eigenvalue weighted by molar-refractivity contribution is 7.99. The molecule has 0 aliphatic heterocycles. The van der Waals surface area contributed by atoms with Crippen LogP contribution in [0.4, 0.5) is 0 Å². The SMILES string of the molecule is CSC(C)C(=NN(C)C)C(C)C. The number of rotatable bonds is 4. The van der Waals surface area contributed by atoms with E-state index < -0.39 is 0 Å². The molecule has 0 aromatic carbocycles. The lowest BCUT2D eigenvalue weighted by Crippen LogP contribution is -2.23. The molecule has 0 aliphatic carbocycles. The molecule has 0 aromatic rings. The summed E-state index contributed by atoms with van der Waals surface area (Å²) >= 11 is 1.85. The van der Waals surface area contributed by atoms with Crippen LogP contribution in [0.2, 0.25) is 0 Å². The Morgan fingerprint density at radius 3 is 2.00 bits per heavy atom. The van der Waals surface area contributed by atoms with Gasteiger partial charge in [0.15, 0.2) is 0 Å². The van der Waals surface area contributed by atoms with Gasteiger partial charge in [0.05, 0.1) is 5.71 Å². The predicted molar refractivity (Wildman–Crippen MR) is 58.9 cm³/mol. The van der Waals surface area contributed by atoms with Crippen molar-refractivity contribution in [1.29, 1.82) is 0 Å². The maximum Gasteiger partial charge on any atom is 0.0532 e. The molecule has 0 saturated carbocycles. The highest BCUT2D eigenvalue weighted by Gasteiger charge is 2.13. The lowest BCUT2D eigenvalue weighted by atomic mass is 10.1. The number of nitrogens with zero attached hydrogens (tertiary/aromatic N) is 2. The summed E-state index contributed by atoms with van der Waals surface area (Å²) in [5, 5.41) is 6.87. The molecule has 0 saturated heterocycles. The number of hydrogen-bond donors (Lipinski definition) is 0. The van der Waals surface area contributed by atoms with Crippen LogP contribution in [0.5, 0.6) is 0 Å². The van der Waals surface area contributed by atoms with Gasteiger partial charge in [-0.3, -0.25) is 0 Å². The van der Waals surface area contributed by atoms with Gasteiger partial charge in [0, 0.05) is 19.3 Å². The number of hydrogen-bond acceptors (Lipinski definition) is 3. The molecular weight excluding hydrogens is 168 g/mol. The van der Waals surface area contributed by atoms with Crippen LogP contribution in [0.25, 0.3) is 0 Å². The molecule has 0 N–H and O–H groups in total. The van der Waals surface area contributed by atoms with Crippen LogP contribution in [0.15, 0.2) is 5.10 Å². The average Bonchev–Trinajstić information content (AvgIpc) is 1.98. The molecule has 1 unspecified atom stereocenters. The summed E-state index contributed by atoms with van der Waals surface area (Å²) in [4.78, 5) is 0. The van der Waals surface area contributed by atoms with Gasteiger partial charge in [-0.05, 0) is 19.1 Å². The third-order valence-corrected chi connectivity index (χ3v) is 2.63. The summed E-state index contributed by atoms with van der Waals surface area (Å²) in [6, 6.07) is 0. The third-order valence-electron chi connectivity index (χ3n) is 1.68. The molecule has 0 aromatic heterocycles. The Hall–Kier alpha value is -0.180. The smallest absolute Gasteiger partial charge is 0.0532 e. The van der Waals surface area contributed by atoms with Crippen molar-refractivity contribution in [2.24, 2.45) is 11.0 Å². The molecule has 0 fully saturated rings. The van der Waals surface area contributed by atoms with Crippen molar-refractivity contribution in [3.8, 4) is 0 Å². The molecule has 0 bridgehead atoms. The average molecular weight is 188 g/mol. The first-order valence-electron chi connectivity index (χ1n) is 4.27. The van der Waals surface area contributed by atoms with Crippen LogP contribution in [-0.4, -0.2) is 36.3 Å². The second kappa shape index (κ2) is 5.46. The van der Waals surface area contributed by atoms with Crippen LogP contribution in [0.3, 0.4) is 0 Å². The predicted octanol–water partition coefficient (Wildman–Crippen LogP) is 2.31. The van der Waals surface area contributed by atoms with Crippen molar-refractivity contribution in [2.45, 2.75) is 26.0 Å². The molecule has 0 rings (SSSR count). The van der Waals surface area contributed by atoms with E-state index in [9.17, 15) is 0 Å². The fraction of sp³-hybridized carbons (Fsp3) is 0.889. The van der Waals surface area contributed by atoms with Crippen LogP contribution in [0, 0.1) is 5.92 Å². The Kier molecular flexibility index (Phi) is 5.38. The standard InChI is InChI=1S/C9H20N2S/c1-7(2)9(8(3)12-6)10-11(4)5/h7-8H,1-6H3. The van der Waals surface area contributed by atoms with Crippen molar-refractivity contribution < 1.29 is 0 Å². The van der Waals surface area contributed by atoms with Crippen LogP contribution >= 0.6 is 11.8 Å². The summed E-state index contributed by atoms with van der Waals surface area (Å²) in [6.07, 6.45) is 2.12. The summed E-state index contributed by atoms with van der Waals surface area (Å²) in [5.41, 5.74) is 1.27. The largest absolute Gasteiger partial charge is 0.303 e. The molecule has 72 valence electrons. The van der Waals surface area contributed by atoms with E-state index in [0.717, 1.165) is 0 Å². The van der Waals surface area contributed by atoms with E-state index in [-0.39, 0.29) is 0 Å². The fourth-order valence-corrected chi connectivity index (χ4v) is 1.58. The van der Waals surface area contributed by atoms with Crippen molar-refractivity contribution in [1.82, 2.24) is 5.01 Å². The Labute approximate surface area is 80.4 Å². The molecular formula is C9H20N2S. The van der Waals surface area contributed by atoms with Gasteiger partial charge < -0.3 is 5.01 Å². The number of hydrazone groups is 1. The van der Waals surface area contributed by atoms with E-state index in [1.807, 2.05) is 30.9 Å². The van der Waals surface area contributed by atoms with Crippen molar-refractivity contribution >= 4 is 17.5 Å². The molecule has 1 atom stereocenters. The Morgan fingerprint density at radius 1 is 1.25 bits per heavy atom. The summed E-state index contributed by atoms with van der Waals surface area (Å²) in [6.45, 7) is 6.58. The van der Waals surface area contributed by atoms with Gasteiger partial charge in [-0.1, -0.05) is 13.8 Å². The highest BCUT2D eigenvalue weighted by Crippen LogP contribution is 2.14. The van der Waals surface area contributed by atoms with Crippen LogP contribution in [0.1, 0.15) is 20.8 Å². The summed E-state index contributed by atoms with van der Waals surface area (Å²) in [7, 11) is 3.94. The maximum absolute atomic E-state index is 4.48. The zero-order valence-electron chi connectivity index (χ0n) is 8.96. The van der Waals surface area contributed by atoms with Crippen molar-refractivity contribution in [3.05, 3.63) is 0 Å². The number of thioether (sulfide) groups is 1. The van der Waals surface area contributed by atoms with Gasteiger partial charge in [0.25, 0.3) is 0 Å². The molecule has 0 spiro atoms. The molecule has 0 radical (unpaired) electrons. The topological polar surface area (TPSA) is 15.6 Å². The maximum atomic E-state index is 4.48. The first kappa shape index (κ1) is 11.8. The zero-order valence-corrected chi connectivity index (χ0v) is 9.77. The Balaban J connectivity index is 4.43. The van der Waals surface area contributed by atoms with E-state index in [1.54, 1.807) is 0 Å². The van der Waals surface area contributed by atoms with Crippen molar-refractivity contribution in [3.63, 3.8) is 0 Å². The highest BCUT2D eigenvalue weighted by atomic mass is 32.2. The van der Waals surface area contributed by atoms with E-state index >= 15 is 0 Å². The van der Waals surface area contributed by atoms with Gasteiger partial charge in [-0.2, -0.15) is 16.9 Å². The molecule has 12 heavy (non-hydrogen) atoms. The molecule has 0 heterocycles. The zero-order chi connectivity index (χ0) is 9.72. The van der Waals surface area contributed by atoms with Crippen molar-refractivity contribution in [2.75, 3.05) is 20.4 Å². The van der Waals surface area contributed by atoms with E-state index in [4.69, 9.17) is 0 Å². The third kappa shape index (κ3) is 4.00. The minimum Gasteiger partial charge on any atom is -0.303 e. The van der Waals surface area contributed by atoms with Crippen LogP contribution in [-0.2, 0) is 0 Å². The second-order valence-corrected chi connectivity index (χ2v) is 4.58. The Bertz CT molecular complexity index is 153. The lowest BCUT2D eigenvalue weighted by Gasteiger charge is -2.18. The van der Waals surface area contributed by atoms with Crippen LogP contribution < -0.4 is 0 Å². The fourth-order valence-electron chi connectivity index (χ4n) is 1.02. The molecule has 2 nitrogen and oxygen atoms in total. The second-order valence-electron chi connectivity index (χ2n) is 3.40. The van der Waals surface area contributed by atoms with Gasteiger partial charge in [0.1, 0.15) is 0 Å². The molecule has 3 heteroatoms. The minimum atomic E-state index is 0.521. The summed E-state index contributed by atoms with van der Waals surface area (Å²) in [5.74, 6) is 0.537. The van der Waals surface area contributed by atoms with E-state index in [2.05, 4.69) is 32.1 Å². The molecule has 0 amide bonds. The van der Waals surface area contributed by atoms with Gasteiger partial charge in [-0.25, -0.2) is 0 Å². The summed E-state index contributed by atoms with van der Waals surface area (Å²) < 4.78 is 0. The minimum absolute atomic E-state index is 0.521. The Morgan fingerprint density at radius 2 is 1.75 bits per heavy atom. The first-order chi connectivity index (χ1) is 5.49. The van der Waals surface area contributed by atoms with Gasteiger partial charge >= 0.3 is 0 Å². The van der Waals surface area contributed by atoms with E-state index in [1.165, 1.54) is 5.71 Å². The lowest BCUT2D eigenvalue weighted by molar-refractivity contribution is 0.432. The van der Waals surface area contributed by atoms with Gasteiger partial charge in [0.2, 0.25) is 0 Å². The quantitative estimate of drug-likeness (QED) is 0.497. The first-order valence-corrected chi connectivity index (χ1v) is 5.56.